The normalized spacial score (nSPS) is 18.2. The molecule has 2 nitrogen and oxygen atoms in total. The Balaban J connectivity index is 2.10. The van der Waals surface area contributed by atoms with Crippen molar-refractivity contribution in [3.05, 3.63) is 29.3 Å². The second kappa shape index (κ2) is 6.60. The lowest BCUT2D eigenvalue weighted by molar-refractivity contribution is 0.496. The minimum atomic E-state index is 0.286. The molecule has 0 aromatic heterocycles. The Morgan fingerprint density at radius 2 is 2.22 bits per heavy atom. The van der Waals surface area contributed by atoms with Crippen molar-refractivity contribution in [2.24, 2.45) is 5.73 Å². The third-order valence-corrected chi connectivity index (χ3v) is 4.80. The Bertz CT molecular complexity index is 390. The maximum atomic E-state index is 5.85. The molecule has 2 atom stereocenters. The highest BCUT2D eigenvalue weighted by Crippen LogP contribution is 2.32. The van der Waals surface area contributed by atoms with Crippen LogP contribution < -0.4 is 11.1 Å². The van der Waals surface area contributed by atoms with Gasteiger partial charge in [0.25, 0.3) is 0 Å². The lowest BCUT2D eigenvalue weighted by Gasteiger charge is -2.21. The molecule has 0 radical (unpaired) electrons. The molecule has 1 aromatic rings. The molecule has 100 valence electrons. The SMILES string of the molecule is CNC(CCC(C)N)c1ccc2c(c1)CCCS2. The molecule has 0 aliphatic carbocycles. The van der Waals surface area contributed by atoms with Gasteiger partial charge in [-0.25, -0.2) is 0 Å². The average Bonchev–Trinajstić information content (AvgIpc) is 2.39. The Morgan fingerprint density at radius 3 is 2.94 bits per heavy atom. The van der Waals surface area contributed by atoms with Crippen molar-refractivity contribution in [2.45, 2.75) is 49.6 Å². The Kier molecular flexibility index (Phi) is 5.10. The van der Waals surface area contributed by atoms with Crippen LogP contribution in [0.3, 0.4) is 0 Å². The van der Waals surface area contributed by atoms with Crippen molar-refractivity contribution in [3.63, 3.8) is 0 Å². The number of hydrogen-bond acceptors (Lipinski definition) is 3. The summed E-state index contributed by atoms with van der Waals surface area (Å²) < 4.78 is 0. The molecule has 2 unspecified atom stereocenters. The van der Waals surface area contributed by atoms with Crippen LogP contribution in [0.25, 0.3) is 0 Å². The van der Waals surface area contributed by atoms with E-state index in [4.69, 9.17) is 5.73 Å². The summed E-state index contributed by atoms with van der Waals surface area (Å²) in [6.45, 7) is 2.08. The smallest absolute Gasteiger partial charge is 0.0318 e. The van der Waals surface area contributed by atoms with E-state index in [0.29, 0.717) is 6.04 Å². The molecule has 3 heteroatoms. The predicted octanol–water partition coefficient (Wildman–Crippen LogP) is 3.11. The van der Waals surface area contributed by atoms with Gasteiger partial charge in [-0.15, -0.1) is 11.8 Å². The number of rotatable bonds is 5. The molecule has 0 amide bonds. The van der Waals surface area contributed by atoms with Gasteiger partial charge in [-0.1, -0.05) is 12.1 Å². The maximum Gasteiger partial charge on any atom is 0.0318 e. The first kappa shape index (κ1) is 13.9. The summed E-state index contributed by atoms with van der Waals surface area (Å²) in [5.74, 6) is 1.27. The molecule has 0 fully saturated rings. The van der Waals surface area contributed by atoms with Gasteiger partial charge >= 0.3 is 0 Å². The van der Waals surface area contributed by atoms with E-state index in [2.05, 4.69) is 30.4 Å². The molecule has 0 spiro atoms. The fourth-order valence-electron chi connectivity index (χ4n) is 2.50. The highest BCUT2D eigenvalue weighted by Gasteiger charge is 2.14. The third kappa shape index (κ3) is 3.50. The molecule has 3 N–H and O–H groups in total. The summed E-state index contributed by atoms with van der Waals surface area (Å²) >= 11 is 1.99. The minimum absolute atomic E-state index is 0.286. The zero-order chi connectivity index (χ0) is 13.0. The van der Waals surface area contributed by atoms with Crippen molar-refractivity contribution in [1.29, 1.82) is 0 Å². The minimum Gasteiger partial charge on any atom is -0.328 e. The fraction of sp³-hybridized carbons (Fsp3) is 0.600. The summed E-state index contributed by atoms with van der Waals surface area (Å²) in [5, 5.41) is 3.42. The summed E-state index contributed by atoms with van der Waals surface area (Å²) in [7, 11) is 2.04. The van der Waals surface area contributed by atoms with Gasteiger partial charge in [0, 0.05) is 17.0 Å². The number of benzene rings is 1. The van der Waals surface area contributed by atoms with Gasteiger partial charge in [-0.05, 0) is 62.6 Å². The van der Waals surface area contributed by atoms with E-state index in [1.54, 1.807) is 0 Å². The molecule has 1 aliphatic rings. The second-order valence-corrected chi connectivity index (χ2v) is 6.35. The molecule has 0 saturated carbocycles. The van der Waals surface area contributed by atoms with Crippen LogP contribution in [0.4, 0.5) is 0 Å². The predicted molar refractivity (Wildman–Crippen MR) is 80.2 cm³/mol. The number of aryl methyl sites for hydroxylation is 1. The van der Waals surface area contributed by atoms with Gasteiger partial charge in [0.15, 0.2) is 0 Å². The Labute approximate surface area is 115 Å². The van der Waals surface area contributed by atoms with E-state index in [0.717, 1.165) is 12.8 Å². The molecular weight excluding hydrogens is 240 g/mol. The van der Waals surface area contributed by atoms with E-state index in [-0.39, 0.29) is 6.04 Å². The van der Waals surface area contributed by atoms with Crippen LogP contribution in [-0.2, 0) is 6.42 Å². The summed E-state index contributed by atoms with van der Waals surface area (Å²) in [5.41, 5.74) is 8.80. The standard InChI is InChI=1S/C15H24N2S/c1-11(16)5-7-14(17-2)12-6-8-15-13(10-12)4-3-9-18-15/h6,8,10-11,14,17H,3-5,7,9,16H2,1-2H3. The molecule has 1 aromatic carbocycles. The molecule has 2 rings (SSSR count). The van der Waals surface area contributed by atoms with E-state index < -0.39 is 0 Å². The van der Waals surface area contributed by atoms with E-state index in [1.165, 1.54) is 34.6 Å². The van der Waals surface area contributed by atoms with Gasteiger partial charge in [-0.3, -0.25) is 0 Å². The monoisotopic (exact) mass is 264 g/mol. The van der Waals surface area contributed by atoms with Crippen LogP contribution in [-0.4, -0.2) is 18.8 Å². The van der Waals surface area contributed by atoms with Crippen molar-refractivity contribution in [2.75, 3.05) is 12.8 Å². The number of hydrogen-bond donors (Lipinski definition) is 2. The second-order valence-electron chi connectivity index (χ2n) is 5.22. The third-order valence-electron chi connectivity index (χ3n) is 3.59. The van der Waals surface area contributed by atoms with Crippen LogP contribution in [0.2, 0.25) is 0 Å². The topological polar surface area (TPSA) is 38.0 Å². The first-order valence-corrected chi connectivity index (χ1v) is 7.87. The lowest BCUT2D eigenvalue weighted by Crippen LogP contribution is -2.21. The Morgan fingerprint density at radius 1 is 1.39 bits per heavy atom. The number of nitrogens with one attached hydrogen (secondary N) is 1. The summed E-state index contributed by atoms with van der Waals surface area (Å²) in [6.07, 6.45) is 4.72. The number of fused-ring (bicyclic) bond motifs is 1. The van der Waals surface area contributed by atoms with Gasteiger partial charge in [0.05, 0.1) is 0 Å². The van der Waals surface area contributed by atoms with Crippen LogP contribution in [0.5, 0.6) is 0 Å². The number of nitrogens with two attached hydrogens (primary N) is 1. The lowest BCUT2D eigenvalue weighted by atomic mass is 9.97. The summed E-state index contributed by atoms with van der Waals surface area (Å²) in [4.78, 5) is 1.48. The molecular formula is C15H24N2S. The van der Waals surface area contributed by atoms with Crippen molar-refractivity contribution in [1.82, 2.24) is 5.32 Å². The quantitative estimate of drug-likeness (QED) is 0.858. The van der Waals surface area contributed by atoms with Gasteiger partial charge in [-0.2, -0.15) is 0 Å². The van der Waals surface area contributed by atoms with E-state index >= 15 is 0 Å². The van der Waals surface area contributed by atoms with Crippen LogP contribution >= 0.6 is 11.8 Å². The van der Waals surface area contributed by atoms with Crippen LogP contribution in [0.15, 0.2) is 23.1 Å². The molecule has 0 bridgehead atoms. The molecule has 1 aliphatic heterocycles. The van der Waals surface area contributed by atoms with E-state index in [9.17, 15) is 0 Å². The molecule has 18 heavy (non-hydrogen) atoms. The van der Waals surface area contributed by atoms with Gasteiger partial charge < -0.3 is 11.1 Å². The first-order chi connectivity index (χ1) is 8.70. The highest BCUT2D eigenvalue weighted by molar-refractivity contribution is 7.99. The molecule has 0 saturated heterocycles. The van der Waals surface area contributed by atoms with Crippen LogP contribution in [0.1, 0.15) is 43.4 Å². The maximum absolute atomic E-state index is 5.85. The first-order valence-electron chi connectivity index (χ1n) is 6.89. The number of thioether (sulfide) groups is 1. The Hall–Kier alpha value is -0.510. The largest absolute Gasteiger partial charge is 0.328 e. The molecule has 1 heterocycles. The zero-order valence-corrected chi connectivity index (χ0v) is 12.2. The van der Waals surface area contributed by atoms with Gasteiger partial charge in [0.1, 0.15) is 0 Å². The van der Waals surface area contributed by atoms with Crippen LogP contribution in [0, 0.1) is 0 Å². The average molecular weight is 264 g/mol. The van der Waals surface area contributed by atoms with Gasteiger partial charge in [0.2, 0.25) is 0 Å². The fourth-order valence-corrected chi connectivity index (χ4v) is 3.52. The van der Waals surface area contributed by atoms with Crippen molar-refractivity contribution >= 4 is 11.8 Å². The van der Waals surface area contributed by atoms with Crippen molar-refractivity contribution < 1.29 is 0 Å². The zero-order valence-electron chi connectivity index (χ0n) is 11.4. The summed E-state index contributed by atoms with van der Waals surface area (Å²) in [6, 6.07) is 7.69. The van der Waals surface area contributed by atoms with Crippen molar-refractivity contribution in [3.8, 4) is 0 Å². The highest BCUT2D eigenvalue weighted by atomic mass is 32.2. The van der Waals surface area contributed by atoms with E-state index in [1.807, 2.05) is 18.8 Å².